The number of carbonyl (C=O) groups excluding carboxylic acids is 4. The van der Waals surface area contributed by atoms with E-state index in [1.54, 1.807) is 0 Å². The van der Waals surface area contributed by atoms with Crippen LogP contribution in [0, 0.1) is 0 Å². The van der Waals surface area contributed by atoms with Gasteiger partial charge in [0, 0.05) is 6.20 Å². The van der Waals surface area contributed by atoms with Crippen molar-refractivity contribution in [2.75, 3.05) is 25.5 Å². The lowest BCUT2D eigenvalue weighted by Crippen LogP contribution is -2.38. The second-order valence-corrected chi connectivity index (χ2v) is 4.19. The molecule has 0 unspecified atom stereocenters. The first-order valence-electron chi connectivity index (χ1n) is 5.97. The highest BCUT2D eigenvalue weighted by molar-refractivity contribution is 6.06. The van der Waals surface area contributed by atoms with Gasteiger partial charge in [-0.15, -0.1) is 0 Å². The fourth-order valence-corrected chi connectivity index (χ4v) is 1.67. The summed E-state index contributed by atoms with van der Waals surface area (Å²) < 4.78 is 5.77. The first kappa shape index (κ1) is 14.5. The number of methoxy groups -OCH3 is 1. The fourth-order valence-electron chi connectivity index (χ4n) is 1.67. The molecule has 112 valence electrons. The molecular weight excluding hydrogens is 282 g/mol. The number of hydrogen-bond acceptors (Lipinski definition) is 6. The highest BCUT2D eigenvalue weighted by Gasteiger charge is 2.30. The maximum atomic E-state index is 11.7. The van der Waals surface area contributed by atoms with Gasteiger partial charge < -0.3 is 15.4 Å². The molecule has 0 bridgehead atoms. The summed E-state index contributed by atoms with van der Waals surface area (Å²) in [5, 5.41) is 8.64. The van der Waals surface area contributed by atoms with Gasteiger partial charge >= 0.3 is 12.0 Å². The van der Waals surface area contributed by atoms with Crippen LogP contribution in [0.4, 0.5) is 10.5 Å². The van der Waals surface area contributed by atoms with Crippen molar-refractivity contribution in [3.63, 3.8) is 0 Å². The van der Waals surface area contributed by atoms with E-state index in [4.69, 9.17) is 0 Å². The first-order chi connectivity index (χ1) is 9.99. The van der Waals surface area contributed by atoms with E-state index >= 15 is 0 Å². The van der Waals surface area contributed by atoms with E-state index in [0.717, 1.165) is 4.90 Å². The highest BCUT2D eigenvalue weighted by atomic mass is 16.5. The van der Waals surface area contributed by atoms with Gasteiger partial charge in [-0.25, -0.2) is 4.79 Å². The second-order valence-electron chi connectivity index (χ2n) is 4.19. The Morgan fingerprint density at radius 2 is 2.19 bits per heavy atom. The summed E-state index contributed by atoms with van der Waals surface area (Å²) in [5.74, 6) is -1.48. The van der Waals surface area contributed by atoms with E-state index in [-0.39, 0.29) is 19.6 Å². The minimum Gasteiger partial charge on any atom is -0.468 e. The van der Waals surface area contributed by atoms with E-state index in [2.05, 4.69) is 20.5 Å². The predicted molar refractivity (Wildman–Crippen MR) is 68.0 cm³/mol. The summed E-state index contributed by atoms with van der Waals surface area (Å²) in [6, 6.07) is -0.600. The normalized spacial score (nSPS) is 14.0. The number of anilines is 1. The van der Waals surface area contributed by atoms with Crippen molar-refractivity contribution >= 4 is 29.5 Å². The van der Waals surface area contributed by atoms with Gasteiger partial charge in [-0.1, -0.05) is 0 Å². The second kappa shape index (κ2) is 6.03. The zero-order valence-corrected chi connectivity index (χ0v) is 11.2. The number of nitrogens with one attached hydrogen (secondary N) is 2. The molecular formula is C11H13N5O5. The van der Waals surface area contributed by atoms with Gasteiger partial charge in [-0.3, -0.25) is 24.0 Å². The van der Waals surface area contributed by atoms with E-state index in [0.29, 0.717) is 5.69 Å². The number of imide groups is 1. The van der Waals surface area contributed by atoms with Crippen LogP contribution < -0.4 is 10.6 Å². The minimum absolute atomic E-state index is 0.0839. The van der Waals surface area contributed by atoms with Gasteiger partial charge in [-0.05, 0) is 0 Å². The number of ether oxygens (including phenoxy) is 1. The van der Waals surface area contributed by atoms with Gasteiger partial charge in [0.15, 0.2) is 0 Å². The van der Waals surface area contributed by atoms with Crippen molar-refractivity contribution in [3.8, 4) is 0 Å². The van der Waals surface area contributed by atoms with Crippen molar-refractivity contribution in [2.24, 2.45) is 0 Å². The molecule has 0 spiro atoms. The average Bonchev–Trinajstić information content (AvgIpc) is 3.00. The van der Waals surface area contributed by atoms with Crippen molar-refractivity contribution in [3.05, 3.63) is 12.4 Å². The van der Waals surface area contributed by atoms with Gasteiger partial charge in [0.1, 0.15) is 13.1 Å². The maximum Gasteiger partial charge on any atom is 0.327 e. The topological polar surface area (TPSA) is 123 Å². The summed E-state index contributed by atoms with van der Waals surface area (Å²) in [6.07, 6.45) is 2.77. The Labute approximate surface area is 119 Å². The lowest BCUT2D eigenvalue weighted by Gasteiger charge is -2.11. The largest absolute Gasteiger partial charge is 0.468 e. The third-order valence-corrected chi connectivity index (χ3v) is 2.67. The molecule has 1 aromatic heterocycles. The highest BCUT2D eigenvalue weighted by Crippen LogP contribution is 2.06. The minimum atomic E-state index is -0.600. The zero-order valence-electron chi connectivity index (χ0n) is 11.2. The molecule has 2 N–H and O–H groups in total. The number of carbonyl (C=O) groups is 4. The standard InChI is InChI=1S/C11H13N5O5/c1-21-10(19)6-15-4-7(2-13-15)14-8(17)5-16-9(18)3-12-11(16)20/h2,4H,3,5-6H2,1H3,(H,12,20)(H,14,17). The summed E-state index contributed by atoms with van der Waals surface area (Å²) in [4.78, 5) is 46.2. The quantitative estimate of drug-likeness (QED) is 0.506. The number of hydrogen-bond donors (Lipinski definition) is 2. The van der Waals surface area contributed by atoms with Crippen LogP contribution in [0.5, 0.6) is 0 Å². The number of aromatic nitrogens is 2. The maximum absolute atomic E-state index is 11.7. The van der Waals surface area contributed by atoms with Crippen LogP contribution in [0.1, 0.15) is 0 Å². The number of esters is 1. The lowest BCUT2D eigenvalue weighted by molar-refractivity contribution is -0.141. The van der Waals surface area contributed by atoms with E-state index in [1.165, 1.54) is 24.2 Å². The monoisotopic (exact) mass is 295 g/mol. The molecule has 1 fully saturated rings. The van der Waals surface area contributed by atoms with Gasteiger partial charge in [0.2, 0.25) is 5.91 Å². The van der Waals surface area contributed by atoms with Gasteiger partial charge in [0.05, 0.1) is 25.5 Å². The predicted octanol–water partition coefficient (Wildman–Crippen LogP) is -1.45. The molecule has 21 heavy (non-hydrogen) atoms. The van der Waals surface area contributed by atoms with Crippen LogP contribution >= 0.6 is 0 Å². The fraction of sp³-hybridized carbons (Fsp3) is 0.364. The van der Waals surface area contributed by atoms with Crippen LogP contribution in [0.2, 0.25) is 0 Å². The summed E-state index contributed by atoms with van der Waals surface area (Å²) >= 11 is 0. The Kier molecular flexibility index (Phi) is 4.16. The number of nitrogens with zero attached hydrogens (tertiary/aromatic N) is 3. The third kappa shape index (κ3) is 3.55. The molecule has 2 rings (SSSR count). The number of rotatable bonds is 5. The van der Waals surface area contributed by atoms with Gasteiger partial charge in [-0.2, -0.15) is 5.10 Å². The lowest BCUT2D eigenvalue weighted by atomic mass is 10.4. The van der Waals surface area contributed by atoms with Crippen LogP contribution in [0.3, 0.4) is 0 Å². The molecule has 0 atom stereocenters. The molecule has 1 aliphatic rings. The molecule has 1 saturated heterocycles. The van der Waals surface area contributed by atoms with E-state index in [9.17, 15) is 19.2 Å². The molecule has 2 heterocycles. The number of urea groups is 1. The summed E-state index contributed by atoms with van der Waals surface area (Å²) in [5.41, 5.74) is 0.343. The molecule has 0 radical (unpaired) electrons. The Hall–Kier alpha value is -2.91. The summed E-state index contributed by atoms with van der Waals surface area (Å²) in [7, 11) is 1.26. The Balaban J connectivity index is 1.89. The van der Waals surface area contributed by atoms with E-state index < -0.39 is 23.8 Å². The molecule has 0 saturated carbocycles. The molecule has 10 heteroatoms. The SMILES string of the molecule is COC(=O)Cn1cc(NC(=O)CN2C(=O)CNC2=O)cn1. The third-order valence-electron chi connectivity index (χ3n) is 2.67. The molecule has 0 aliphatic carbocycles. The molecule has 10 nitrogen and oxygen atoms in total. The Bertz CT molecular complexity index is 580. The summed E-state index contributed by atoms with van der Waals surface area (Å²) in [6.45, 7) is -0.574. The van der Waals surface area contributed by atoms with E-state index in [1.807, 2.05) is 0 Å². The molecule has 1 aliphatic heterocycles. The molecule has 4 amide bonds. The van der Waals surface area contributed by atoms with Crippen LogP contribution in [0.25, 0.3) is 0 Å². The Morgan fingerprint density at radius 1 is 1.43 bits per heavy atom. The smallest absolute Gasteiger partial charge is 0.327 e. The Morgan fingerprint density at radius 3 is 2.81 bits per heavy atom. The molecule has 1 aromatic rings. The van der Waals surface area contributed by atoms with Crippen molar-refractivity contribution in [1.82, 2.24) is 20.0 Å². The van der Waals surface area contributed by atoms with Gasteiger partial charge in [0.25, 0.3) is 5.91 Å². The van der Waals surface area contributed by atoms with Crippen LogP contribution in [0.15, 0.2) is 12.4 Å². The average molecular weight is 295 g/mol. The van der Waals surface area contributed by atoms with Crippen molar-refractivity contribution < 1.29 is 23.9 Å². The molecule has 0 aromatic carbocycles. The zero-order chi connectivity index (χ0) is 15.4. The first-order valence-corrected chi connectivity index (χ1v) is 5.97. The van der Waals surface area contributed by atoms with Crippen molar-refractivity contribution in [2.45, 2.75) is 6.54 Å². The van der Waals surface area contributed by atoms with Crippen LogP contribution in [-0.4, -0.2) is 58.7 Å². The van der Waals surface area contributed by atoms with Crippen molar-refractivity contribution in [1.29, 1.82) is 0 Å². The number of amides is 4. The van der Waals surface area contributed by atoms with Crippen LogP contribution in [-0.2, 0) is 25.7 Å².